The summed E-state index contributed by atoms with van der Waals surface area (Å²) in [6, 6.07) is 24.6. The van der Waals surface area contributed by atoms with E-state index in [1.807, 2.05) is 82.3 Å². The van der Waals surface area contributed by atoms with Crippen LogP contribution in [-0.4, -0.2) is 15.9 Å². The fourth-order valence-corrected chi connectivity index (χ4v) is 5.50. The van der Waals surface area contributed by atoms with E-state index in [-0.39, 0.29) is 43.5 Å². The topological polar surface area (TPSA) is 80.8 Å². The van der Waals surface area contributed by atoms with Crippen molar-refractivity contribution in [2.24, 2.45) is 11.8 Å². The van der Waals surface area contributed by atoms with E-state index in [9.17, 15) is 9.90 Å². The Hall–Kier alpha value is -4.24. The number of para-hydroxylation sites is 2. The molecule has 0 unspecified atom stereocenters. The Morgan fingerprint density at radius 1 is 0.909 bits per heavy atom. The SMILES string of the molecule is CCC(CC)C(=O)/C=C(\O)C(CC)CC.[C-]#[N+]c1ccc2c(c1)oc1c3ccccc3[c-]c(-c3nc4ccccc4o3)c21.[Ir]. The first-order valence-corrected chi connectivity index (χ1v) is 14.9. The van der Waals surface area contributed by atoms with Crippen LogP contribution >= 0.6 is 0 Å². The smallest absolute Gasteiger partial charge is 0.190 e. The summed E-state index contributed by atoms with van der Waals surface area (Å²) in [7, 11) is 0. The Bertz CT molecular complexity index is 1950. The molecule has 2 heterocycles. The number of aliphatic hydroxyl groups is 1. The molecular weight excluding hydrogens is 729 g/mol. The van der Waals surface area contributed by atoms with Gasteiger partial charge in [-0.25, -0.2) is 9.83 Å². The molecule has 2 aromatic heterocycles. The summed E-state index contributed by atoms with van der Waals surface area (Å²) in [4.78, 5) is 19.9. The van der Waals surface area contributed by atoms with Gasteiger partial charge >= 0.3 is 0 Å². The number of nitrogens with zero attached hydrogens (tertiary/aromatic N) is 2. The van der Waals surface area contributed by atoms with E-state index in [2.05, 4.69) is 15.9 Å². The summed E-state index contributed by atoms with van der Waals surface area (Å²) in [5, 5.41) is 13.5. The second kappa shape index (κ2) is 14.5. The van der Waals surface area contributed by atoms with E-state index < -0.39 is 0 Å². The minimum Gasteiger partial charge on any atom is -0.512 e. The Labute approximate surface area is 270 Å². The zero-order valence-electron chi connectivity index (χ0n) is 25.3. The van der Waals surface area contributed by atoms with Crippen LogP contribution < -0.4 is 0 Å². The first kappa shape index (κ1) is 32.7. The molecule has 0 saturated carbocycles. The zero-order chi connectivity index (χ0) is 30.5. The number of furan rings is 1. The van der Waals surface area contributed by atoms with Crippen LogP contribution in [0.25, 0.3) is 60.1 Å². The average Bonchev–Trinajstić information content (AvgIpc) is 3.64. The third-order valence-electron chi connectivity index (χ3n) is 8.07. The van der Waals surface area contributed by atoms with Crippen LogP contribution in [0.1, 0.15) is 53.4 Å². The van der Waals surface area contributed by atoms with E-state index >= 15 is 0 Å². The number of aliphatic hydroxyl groups excluding tert-OH is 1. The Balaban J connectivity index is 0.000000239. The molecule has 227 valence electrons. The largest absolute Gasteiger partial charge is 0.512 e. The summed E-state index contributed by atoms with van der Waals surface area (Å²) in [5.41, 5.74) is 4.27. The normalized spacial score (nSPS) is 11.6. The number of rotatable bonds is 8. The maximum Gasteiger partial charge on any atom is 0.190 e. The van der Waals surface area contributed by atoms with Crippen molar-refractivity contribution in [2.75, 3.05) is 0 Å². The van der Waals surface area contributed by atoms with E-state index in [0.29, 0.717) is 17.2 Å². The molecule has 6 nitrogen and oxygen atoms in total. The first-order chi connectivity index (χ1) is 20.9. The number of fused-ring (bicyclic) bond motifs is 6. The van der Waals surface area contributed by atoms with Crippen molar-refractivity contribution < 1.29 is 38.8 Å². The van der Waals surface area contributed by atoms with Crippen LogP contribution in [0, 0.1) is 24.5 Å². The molecule has 44 heavy (non-hydrogen) atoms. The third-order valence-corrected chi connectivity index (χ3v) is 8.07. The molecule has 0 fully saturated rings. The van der Waals surface area contributed by atoms with Crippen LogP contribution in [0.5, 0.6) is 0 Å². The first-order valence-electron chi connectivity index (χ1n) is 14.9. The summed E-state index contributed by atoms with van der Waals surface area (Å²) < 4.78 is 12.3. The number of oxazole rings is 1. The van der Waals surface area contributed by atoms with Gasteiger partial charge in [-0.05, 0) is 60.0 Å². The number of hydrogen-bond donors (Lipinski definition) is 1. The van der Waals surface area contributed by atoms with Gasteiger partial charge in [0.15, 0.2) is 17.4 Å². The molecule has 4 aromatic carbocycles. The van der Waals surface area contributed by atoms with Gasteiger partial charge in [-0.2, -0.15) is 0 Å². The maximum absolute atomic E-state index is 11.7. The Morgan fingerprint density at radius 2 is 1.59 bits per heavy atom. The van der Waals surface area contributed by atoms with Crippen molar-refractivity contribution in [1.29, 1.82) is 0 Å². The molecule has 0 atom stereocenters. The summed E-state index contributed by atoms with van der Waals surface area (Å²) in [5.74, 6) is 1.06. The van der Waals surface area contributed by atoms with E-state index in [4.69, 9.17) is 15.4 Å². The molecule has 0 bridgehead atoms. The zero-order valence-corrected chi connectivity index (χ0v) is 27.7. The van der Waals surface area contributed by atoms with Crippen LogP contribution in [0.3, 0.4) is 0 Å². The number of carbonyl (C=O) groups excluding carboxylic acids is 1. The maximum atomic E-state index is 11.7. The molecule has 6 rings (SSSR count). The fraction of sp³-hybridized carbons (Fsp3) is 0.270. The van der Waals surface area contributed by atoms with Gasteiger partial charge in [-0.15, -0.1) is 17.5 Å². The van der Waals surface area contributed by atoms with Crippen molar-refractivity contribution in [3.05, 3.63) is 96.0 Å². The number of ketones is 1. The van der Waals surface area contributed by atoms with Gasteiger partial charge in [-0.3, -0.25) is 4.79 Å². The second-order valence-electron chi connectivity index (χ2n) is 10.6. The van der Waals surface area contributed by atoms with Crippen molar-refractivity contribution >= 4 is 55.3 Å². The van der Waals surface area contributed by atoms with Gasteiger partial charge in [-0.1, -0.05) is 75.7 Å². The summed E-state index contributed by atoms with van der Waals surface area (Å²) in [6.07, 6.45) is 4.91. The van der Waals surface area contributed by atoms with E-state index in [1.165, 1.54) is 6.08 Å². The fourth-order valence-electron chi connectivity index (χ4n) is 5.50. The van der Waals surface area contributed by atoms with Gasteiger partial charge < -0.3 is 13.9 Å². The third kappa shape index (κ3) is 6.48. The number of carbonyl (C=O) groups is 1. The predicted molar refractivity (Wildman–Crippen MR) is 173 cm³/mol. The molecule has 0 aliphatic carbocycles. The number of allylic oxidation sites excluding steroid dienone is 2. The van der Waals surface area contributed by atoms with Crippen LogP contribution in [0.4, 0.5) is 5.69 Å². The Morgan fingerprint density at radius 3 is 2.27 bits per heavy atom. The van der Waals surface area contributed by atoms with Crippen molar-refractivity contribution in [3.8, 4) is 11.5 Å². The molecule has 0 spiro atoms. The Kier molecular flexibility index (Phi) is 10.8. The molecule has 7 heteroatoms. The summed E-state index contributed by atoms with van der Waals surface area (Å²) >= 11 is 0. The van der Waals surface area contributed by atoms with E-state index in [0.717, 1.165) is 69.5 Å². The van der Waals surface area contributed by atoms with Crippen molar-refractivity contribution in [3.63, 3.8) is 0 Å². The molecule has 1 N–H and O–H groups in total. The summed E-state index contributed by atoms with van der Waals surface area (Å²) in [6.45, 7) is 15.3. The monoisotopic (exact) mass is 764 g/mol. The quantitative estimate of drug-likeness (QED) is 0.0948. The van der Waals surface area contributed by atoms with E-state index in [1.54, 1.807) is 12.1 Å². The molecule has 6 aromatic rings. The molecule has 0 saturated heterocycles. The minimum absolute atomic E-state index is 0. The number of hydrogen-bond acceptors (Lipinski definition) is 5. The molecule has 0 aliphatic heterocycles. The van der Waals surface area contributed by atoms with Crippen LogP contribution in [0.15, 0.2) is 87.4 Å². The minimum atomic E-state index is 0. The standard InChI is InChI=1S/C24H11N2O2.C13H24O2.Ir/c1-25-15-10-11-17-21(13-15)27-23-16-7-3-2-6-14(16)12-18(22(17)23)24-26-19-8-4-5-9-20(19)28-24;1-5-10(6-2)12(14)9-13(15)11(7-3)8-4;/h2-11,13H;9-11,14H,5-8H2,1-4H3;/q-1;;/b;12-9-;. The van der Waals surface area contributed by atoms with Crippen molar-refractivity contribution in [1.82, 2.24) is 4.98 Å². The number of aromatic nitrogens is 1. The van der Waals surface area contributed by atoms with Gasteiger partial charge in [0.2, 0.25) is 0 Å². The van der Waals surface area contributed by atoms with Gasteiger partial charge in [0.1, 0.15) is 11.2 Å². The average molecular weight is 764 g/mol. The molecular formula is C37H35IrN2O4-. The molecule has 1 radical (unpaired) electrons. The predicted octanol–water partition coefficient (Wildman–Crippen LogP) is 10.8. The van der Waals surface area contributed by atoms with Gasteiger partial charge in [0, 0.05) is 38.0 Å². The van der Waals surface area contributed by atoms with Crippen LogP contribution in [-0.2, 0) is 24.9 Å². The van der Waals surface area contributed by atoms with Crippen molar-refractivity contribution in [2.45, 2.75) is 53.4 Å². The molecule has 0 aliphatic rings. The van der Waals surface area contributed by atoms with Crippen LogP contribution in [0.2, 0.25) is 0 Å². The second-order valence-corrected chi connectivity index (χ2v) is 10.6. The van der Waals surface area contributed by atoms with Gasteiger partial charge in [0.25, 0.3) is 0 Å². The number of benzene rings is 4. The molecule has 0 amide bonds. The van der Waals surface area contributed by atoms with Gasteiger partial charge in [0.05, 0.1) is 23.4 Å².